The molecule has 0 bridgehead atoms. The van der Waals surface area contributed by atoms with Gasteiger partial charge in [-0.2, -0.15) is 0 Å². The van der Waals surface area contributed by atoms with E-state index >= 15 is 0 Å². The van der Waals surface area contributed by atoms with Gasteiger partial charge in [0.1, 0.15) is 0 Å². The summed E-state index contributed by atoms with van der Waals surface area (Å²) in [5.41, 5.74) is -0.564. The first-order valence-corrected chi connectivity index (χ1v) is 8.24. The Bertz CT molecular complexity index is 530. The fraction of sp³-hybridized carbons (Fsp3) is 0.722. The molecule has 0 aliphatic carbocycles. The monoisotopic (exact) mass is 340 g/mol. The first-order chi connectivity index (χ1) is 10.8. The highest BCUT2D eigenvalue weighted by Gasteiger charge is 2.46. The number of rotatable bonds is 7. The number of aliphatic carboxylic acids is 1. The summed E-state index contributed by atoms with van der Waals surface area (Å²) >= 11 is 0. The van der Waals surface area contributed by atoms with E-state index in [1.807, 2.05) is 41.5 Å². The fourth-order valence-corrected chi connectivity index (χ4v) is 2.47. The molecule has 6 heteroatoms. The van der Waals surface area contributed by atoms with E-state index < -0.39 is 17.3 Å². The highest BCUT2D eigenvalue weighted by atomic mass is 16.4. The van der Waals surface area contributed by atoms with E-state index in [0.717, 1.165) is 0 Å². The second-order valence-electron chi connectivity index (χ2n) is 7.67. The lowest BCUT2D eigenvalue weighted by Crippen LogP contribution is -2.51. The highest BCUT2D eigenvalue weighted by Crippen LogP contribution is 2.44. The molecule has 0 aromatic rings. The Morgan fingerprint density at radius 2 is 1.38 bits per heavy atom. The third-order valence-corrected chi connectivity index (χ3v) is 5.10. The van der Waals surface area contributed by atoms with Crippen LogP contribution < -0.4 is 10.6 Å². The Morgan fingerprint density at radius 3 is 1.75 bits per heavy atom. The molecule has 138 valence electrons. The minimum Gasteiger partial charge on any atom is -0.478 e. The van der Waals surface area contributed by atoms with Crippen molar-refractivity contribution in [3.63, 3.8) is 0 Å². The maximum absolute atomic E-state index is 12.6. The van der Waals surface area contributed by atoms with Crippen molar-refractivity contribution in [3.8, 4) is 0 Å². The molecule has 0 heterocycles. The number of carboxylic acids is 1. The fourth-order valence-electron chi connectivity index (χ4n) is 2.47. The van der Waals surface area contributed by atoms with E-state index in [9.17, 15) is 14.4 Å². The second-order valence-corrected chi connectivity index (χ2v) is 7.67. The van der Waals surface area contributed by atoms with Gasteiger partial charge in [0.15, 0.2) is 0 Å². The molecule has 0 rings (SSSR count). The minimum atomic E-state index is -1.12. The van der Waals surface area contributed by atoms with Crippen LogP contribution in [0.2, 0.25) is 0 Å². The Labute approximate surface area is 145 Å². The molecule has 6 nitrogen and oxygen atoms in total. The summed E-state index contributed by atoms with van der Waals surface area (Å²) in [6.45, 7) is 15.5. The van der Waals surface area contributed by atoms with Crippen LogP contribution in [0.5, 0.6) is 0 Å². The quantitative estimate of drug-likeness (QED) is 0.490. The van der Waals surface area contributed by atoms with Crippen molar-refractivity contribution in [3.05, 3.63) is 11.1 Å². The number of carbonyl (C=O) groups is 3. The molecule has 1 unspecified atom stereocenters. The molecular weight excluding hydrogens is 308 g/mol. The van der Waals surface area contributed by atoms with Crippen LogP contribution in [0, 0.1) is 16.7 Å². The van der Waals surface area contributed by atoms with Crippen LogP contribution in [-0.4, -0.2) is 36.0 Å². The largest absolute Gasteiger partial charge is 0.478 e. The first-order valence-electron chi connectivity index (χ1n) is 8.24. The van der Waals surface area contributed by atoms with Gasteiger partial charge < -0.3 is 15.7 Å². The van der Waals surface area contributed by atoms with Crippen molar-refractivity contribution in [2.24, 2.45) is 16.7 Å². The smallest absolute Gasteiger partial charge is 0.331 e. The number of carboxylic acid groups (broad SMARTS) is 1. The molecule has 0 saturated carbocycles. The van der Waals surface area contributed by atoms with Gasteiger partial charge in [0.25, 0.3) is 0 Å². The molecule has 0 spiro atoms. The van der Waals surface area contributed by atoms with Gasteiger partial charge >= 0.3 is 5.97 Å². The van der Waals surface area contributed by atoms with E-state index in [4.69, 9.17) is 5.11 Å². The summed E-state index contributed by atoms with van der Waals surface area (Å²) < 4.78 is 0. The molecule has 0 fully saturated rings. The van der Waals surface area contributed by atoms with E-state index in [1.54, 1.807) is 0 Å². The van der Waals surface area contributed by atoms with Crippen LogP contribution >= 0.6 is 0 Å². The van der Waals surface area contributed by atoms with Crippen LogP contribution in [0.4, 0.5) is 0 Å². The zero-order valence-corrected chi connectivity index (χ0v) is 16.2. The van der Waals surface area contributed by atoms with Crippen molar-refractivity contribution < 1.29 is 19.5 Å². The van der Waals surface area contributed by atoms with Gasteiger partial charge in [-0.05, 0) is 25.2 Å². The maximum atomic E-state index is 12.6. The van der Waals surface area contributed by atoms with Crippen LogP contribution in [0.15, 0.2) is 11.1 Å². The molecule has 0 saturated heterocycles. The number of hydrogen-bond acceptors (Lipinski definition) is 3. The zero-order valence-electron chi connectivity index (χ0n) is 16.2. The number of hydrogen-bond donors (Lipinski definition) is 3. The van der Waals surface area contributed by atoms with Crippen LogP contribution in [0.1, 0.15) is 55.4 Å². The van der Waals surface area contributed by atoms with Crippen molar-refractivity contribution >= 4 is 17.8 Å². The van der Waals surface area contributed by atoms with Crippen LogP contribution in [0.3, 0.4) is 0 Å². The standard InChI is InChI=1S/C18H32N2O4/c1-11(2)18(8,17(5,6)7)16(24)20-10-9-19-14(21)12(3)13(4)15(22)23/h11H,9-10H2,1-8H3,(H,19,21)(H,20,24)(H,22,23)/b13-12-. The summed E-state index contributed by atoms with van der Waals surface area (Å²) in [6.07, 6.45) is 0. The topological polar surface area (TPSA) is 95.5 Å². The van der Waals surface area contributed by atoms with Crippen LogP contribution in [0.25, 0.3) is 0 Å². The summed E-state index contributed by atoms with van der Waals surface area (Å²) in [7, 11) is 0. The highest BCUT2D eigenvalue weighted by molar-refractivity contribution is 6.01. The van der Waals surface area contributed by atoms with Gasteiger partial charge in [0.05, 0.1) is 5.41 Å². The molecule has 0 aromatic heterocycles. The predicted octanol–water partition coefficient (Wildman–Crippen LogP) is 2.35. The van der Waals surface area contributed by atoms with Gasteiger partial charge in [0.2, 0.25) is 11.8 Å². The Hall–Kier alpha value is -1.85. The molecule has 3 N–H and O–H groups in total. The maximum Gasteiger partial charge on any atom is 0.331 e. The normalized spacial score (nSPS) is 15.4. The lowest BCUT2D eigenvalue weighted by molar-refractivity contribution is -0.140. The van der Waals surface area contributed by atoms with Gasteiger partial charge in [0, 0.05) is 24.2 Å². The summed E-state index contributed by atoms with van der Waals surface area (Å²) in [4.78, 5) is 35.3. The van der Waals surface area contributed by atoms with Crippen LogP contribution in [-0.2, 0) is 14.4 Å². The zero-order chi connectivity index (χ0) is 19.3. The third-order valence-electron chi connectivity index (χ3n) is 5.10. The van der Waals surface area contributed by atoms with Crippen molar-refractivity contribution in [1.29, 1.82) is 0 Å². The molecule has 1 atom stereocenters. The first kappa shape index (κ1) is 22.1. The van der Waals surface area contributed by atoms with E-state index in [2.05, 4.69) is 10.6 Å². The molecule has 0 radical (unpaired) electrons. The van der Waals surface area contributed by atoms with Gasteiger partial charge in [-0.25, -0.2) is 4.79 Å². The molecule has 2 amide bonds. The Balaban J connectivity index is 4.68. The van der Waals surface area contributed by atoms with E-state index in [0.29, 0.717) is 6.54 Å². The summed E-state index contributed by atoms with van der Waals surface area (Å²) in [5, 5.41) is 14.4. The Morgan fingerprint density at radius 1 is 0.917 bits per heavy atom. The van der Waals surface area contributed by atoms with Gasteiger partial charge in [-0.15, -0.1) is 0 Å². The molecule has 0 aromatic carbocycles. The SMILES string of the molecule is C/C(C(=O)O)=C(\C)C(=O)NCCNC(=O)C(C)(C(C)C)C(C)(C)C. The molecular formula is C18H32N2O4. The number of amides is 2. The summed E-state index contributed by atoms with van der Waals surface area (Å²) in [5.74, 6) is -1.44. The van der Waals surface area contributed by atoms with E-state index in [-0.39, 0.29) is 34.9 Å². The van der Waals surface area contributed by atoms with Gasteiger partial charge in [-0.3, -0.25) is 9.59 Å². The molecule has 0 aliphatic heterocycles. The summed E-state index contributed by atoms with van der Waals surface area (Å²) in [6, 6.07) is 0. The molecule has 24 heavy (non-hydrogen) atoms. The van der Waals surface area contributed by atoms with E-state index in [1.165, 1.54) is 13.8 Å². The van der Waals surface area contributed by atoms with Crippen molar-refractivity contribution in [1.82, 2.24) is 10.6 Å². The second kappa shape index (κ2) is 8.31. The lowest BCUT2D eigenvalue weighted by Gasteiger charge is -2.43. The lowest BCUT2D eigenvalue weighted by atomic mass is 9.61. The predicted molar refractivity (Wildman–Crippen MR) is 94.4 cm³/mol. The van der Waals surface area contributed by atoms with Crippen molar-refractivity contribution in [2.75, 3.05) is 13.1 Å². The Kier molecular flexibility index (Phi) is 7.67. The number of carbonyl (C=O) groups excluding carboxylic acids is 2. The number of nitrogens with one attached hydrogen (secondary N) is 2. The minimum absolute atomic E-state index is 0.0108. The molecule has 0 aliphatic rings. The average molecular weight is 340 g/mol. The van der Waals surface area contributed by atoms with Gasteiger partial charge in [-0.1, -0.05) is 41.5 Å². The van der Waals surface area contributed by atoms with Crippen molar-refractivity contribution in [2.45, 2.75) is 55.4 Å². The third kappa shape index (κ3) is 5.08. The average Bonchev–Trinajstić information content (AvgIpc) is 2.46.